The van der Waals surface area contributed by atoms with E-state index in [-0.39, 0.29) is 11.3 Å². The summed E-state index contributed by atoms with van der Waals surface area (Å²) >= 11 is 0. The molecular weight excluding hydrogens is 300 g/mol. The van der Waals surface area contributed by atoms with Crippen molar-refractivity contribution in [3.63, 3.8) is 0 Å². The van der Waals surface area contributed by atoms with Gasteiger partial charge < -0.3 is 9.84 Å². The van der Waals surface area contributed by atoms with Gasteiger partial charge in [-0.2, -0.15) is 0 Å². The largest absolute Gasteiger partial charge is 0.455 e. The molecule has 0 bridgehead atoms. The molecule has 138 valence electrons. The van der Waals surface area contributed by atoms with Crippen molar-refractivity contribution < 1.29 is 22.9 Å². The Morgan fingerprint density at radius 1 is 1.38 bits per heavy atom. The molecule has 0 saturated heterocycles. The van der Waals surface area contributed by atoms with Crippen LogP contribution in [0.15, 0.2) is 12.2 Å². The number of carbonyl (C=O) groups is 1. The lowest BCUT2D eigenvalue weighted by Gasteiger charge is -2.45. The zero-order chi connectivity index (χ0) is 23.1. The van der Waals surface area contributed by atoms with Crippen LogP contribution in [-0.4, -0.2) is 22.8 Å². The van der Waals surface area contributed by atoms with Crippen molar-refractivity contribution in [3.05, 3.63) is 12.2 Å². The van der Waals surface area contributed by atoms with Gasteiger partial charge in [0.2, 0.25) is 0 Å². The summed E-state index contributed by atoms with van der Waals surface area (Å²) in [6, 6.07) is 0. The van der Waals surface area contributed by atoms with E-state index in [1.54, 1.807) is 6.08 Å². The molecule has 0 aromatic rings. The summed E-state index contributed by atoms with van der Waals surface area (Å²) in [6.07, 6.45) is 6.99. The first-order chi connectivity index (χ1) is 13.6. The highest BCUT2D eigenvalue weighted by Crippen LogP contribution is 2.59. The van der Waals surface area contributed by atoms with Crippen LogP contribution in [0.3, 0.4) is 0 Å². The van der Waals surface area contributed by atoms with Crippen LogP contribution in [0, 0.1) is 29.1 Å². The number of rotatable bonds is 5. The van der Waals surface area contributed by atoms with E-state index < -0.39 is 31.4 Å². The van der Waals surface area contributed by atoms with Gasteiger partial charge in [0.15, 0.2) is 0 Å². The number of carbonyl (C=O) groups excluding carboxylic acids is 1. The minimum Gasteiger partial charge on any atom is -0.455 e. The summed E-state index contributed by atoms with van der Waals surface area (Å²) in [4.78, 5) is 11.6. The Bertz CT molecular complexity index is 642. The van der Waals surface area contributed by atoms with Gasteiger partial charge >= 0.3 is 5.97 Å². The summed E-state index contributed by atoms with van der Waals surface area (Å²) in [5.41, 5.74) is -3.01. The third kappa shape index (κ3) is 4.04. The van der Waals surface area contributed by atoms with Gasteiger partial charge in [0.1, 0.15) is 6.10 Å². The highest BCUT2D eigenvalue weighted by atomic mass is 16.6. The average Bonchev–Trinajstić information content (AvgIpc) is 2.93. The molecule has 3 heteroatoms. The Balaban J connectivity index is 2.33. The lowest BCUT2D eigenvalue weighted by Crippen LogP contribution is -2.39. The van der Waals surface area contributed by atoms with Crippen LogP contribution >= 0.6 is 0 Å². The maximum Gasteiger partial charge on any atom is 0.303 e. The summed E-state index contributed by atoms with van der Waals surface area (Å²) in [7, 11) is 0. The van der Waals surface area contributed by atoms with Crippen LogP contribution in [0.1, 0.15) is 81.7 Å². The molecule has 2 rings (SSSR count). The van der Waals surface area contributed by atoms with Gasteiger partial charge in [-0.05, 0) is 68.1 Å². The number of allylic oxidation sites excluding steroid dienone is 1. The summed E-state index contributed by atoms with van der Waals surface area (Å²) in [5, 5.41) is 10.8. The summed E-state index contributed by atoms with van der Waals surface area (Å²) < 4.78 is 50.9. The summed E-state index contributed by atoms with van der Waals surface area (Å²) in [5.74, 6) is 0.875. The van der Waals surface area contributed by atoms with Gasteiger partial charge in [-0.3, -0.25) is 4.79 Å². The molecule has 0 spiro atoms. The smallest absolute Gasteiger partial charge is 0.303 e. The maximum absolute atomic E-state index is 11.6. The van der Waals surface area contributed by atoms with Crippen molar-refractivity contribution >= 4 is 5.97 Å². The van der Waals surface area contributed by atoms with Crippen molar-refractivity contribution in [2.24, 2.45) is 29.1 Å². The van der Waals surface area contributed by atoms with E-state index in [4.69, 9.17) is 13.0 Å². The number of fused-ring (bicyclic) bond motifs is 1. The van der Waals surface area contributed by atoms with Crippen LogP contribution in [0.5, 0.6) is 0 Å². The van der Waals surface area contributed by atoms with Crippen molar-refractivity contribution in [3.8, 4) is 0 Å². The first-order valence-electron chi connectivity index (χ1n) is 12.1. The van der Waals surface area contributed by atoms with Gasteiger partial charge in [0.05, 0.1) is 5.60 Å². The maximum atomic E-state index is 11.6. The minimum atomic E-state index is -3.27. The van der Waals surface area contributed by atoms with Crippen LogP contribution in [0.4, 0.5) is 0 Å². The fourth-order valence-corrected chi connectivity index (χ4v) is 5.32. The normalized spacial score (nSPS) is 41.1. The Hall–Kier alpha value is -0.830. The predicted molar refractivity (Wildman–Crippen MR) is 97.5 cm³/mol. The van der Waals surface area contributed by atoms with E-state index in [0.29, 0.717) is 17.8 Å². The Morgan fingerprint density at radius 3 is 2.71 bits per heavy atom. The fraction of sp³-hybridized carbons (Fsp3) is 0.857. The predicted octanol–water partition coefficient (Wildman–Crippen LogP) is 4.73. The first kappa shape index (κ1) is 12.5. The second kappa shape index (κ2) is 7.19. The van der Waals surface area contributed by atoms with Crippen LogP contribution in [0.2, 0.25) is 0 Å². The van der Waals surface area contributed by atoms with E-state index in [1.807, 2.05) is 6.92 Å². The molecule has 0 aliphatic heterocycles. The van der Waals surface area contributed by atoms with E-state index in [0.717, 1.165) is 26.2 Å². The zero-order valence-corrected chi connectivity index (χ0v) is 15.3. The van der Waals surface area contributed by atoms with E-state index in [9.17, 15) is 9.90 Å². The molecule has 2 fully saturated rings. The van der Waals surface area contributed by atoms with Crippen molar-refractivity contribution in [1.29, 1.82) is 0 Å². The van der Waals surface area contributed by atoms with Gasteiger partial charge in [-0.1, -0.05) is 39.7 Å². The standard InChI is InChI=1S/C21H36O3/c1-14-8-7-13-21(6)17(14)10-11-18(21)15(2)9-12-19(20(4,5)23)24-16(3)22/h9,12,14-15,17-19,23H,7-8,10-11,13H2,1-6H3/b12-9+/t14-,15+,17-,18+,19+,21-/m0/s1/i4D3,5D3. The average molecular weight is 343 g/mol. The lowest BCUT2D eigenvalue weighted by atomic mass is 9.60. The van der Waals surface area contributed by atoms with Crippen molar-refractivity contribution in [2.75, 3.05) is 0 Å². The molecule has 6 atom stereocenters. The Labute approximate surface area is 156 Å². The highest BCUT2D eigenvalue weighted by molar-refractivity contribution is 5.66. The molecule has 0 amide bonds. The molecule has 2 saturated carbocycles. The molecule has 24 heavy (non-hydrogen) atoms. The van der Waals surface area contributed by atoms with Gasteiger partial charge in [-0.25, -0.2) is 0 Å². The highest BCUT2D eigenvalue weighted by Gasteiger charge is 2.50. The molecular formula is C21H36O3. The molecule has 0 unspecified atom stereocenters. The Morgan fingerprint density at radius 2 is 2.08 bits per heavy atom. The number of aliphatic hydroxyl groups is 1. The van der Waals surface area contributed by atoms with E-state index in [1.165, 1.54) is 18.9 Å². The topological polar surface area (TPSA) is 46.5 Å². The number of ether oxygens (including phenoxy) is 1. The molecule has 0 aromatic heterocycles. The van der Waals surface area contributed by atoms with Gasteiger partial charge in [-0.15, -0.1) is 0 Å². The number of hydrogen-bond acceptors (Lipinski definition) is 3. The molecule has 3 nitrogen and oxygen atoms in total. The SMILES string of the molecule is [2H]C([2H])([2H])C(O)([C@@H](/C=C/[C@@H](C)[C@H]1CC[C@H]2[C@@H](C)CCC[C@]12C)OC(C)=O)C([2H])([2H])[2H]. The second-order valence-electron chi connectivity index (χ2n) is 8.21. The van der Waals surface area contributed by atoms with E-state index in [2.05, 4.69) is 13.8 Å². The second-order valence-corrected chi connectivity index (χ2v) is 8.21. The lowest BCUT2D eigenvalue weighted by molar-refractivity contribution is -0.154. The van der Waals surface area contributed by atoms with Crippen LogP contribution in [-0.2, 0) is 9.53 Å². The quantitative estimate of drug-likeness (QED) is 0.580. The zero-order valence-electron chi connectivity index (χ0n) is 21.3. The monoisotopic (exact) mass is 342 g/mol. The van der Waals surface area contributed by atoms with Gasteiger partial charge in [0.25, 0.3) is 0 Å². The molecule has 1 N–H and O–H groups in total. The van der Waals surface area contributed by atoms with Crippen molar-refractivity contribution in [2.45, 2.75) is 85.2 Å². The fourth-order valence-electron chi connectivity index (χ4n) is 5.32. The molecule has 2 aliphatic rings. The third-order valence-electron chi connectivity index (χ3n) is 6.47. The van der Waals surface area contributed by atoms with Gasteiger partial charge in [0, 0.05) is 15.1 Å². The molecule has 0 radical (unpaired) electrons. The third-order valence-corrected chi connectivity index (χ3v) is 6.47. The van der Waals surface area contributed by atoms with E-state index >= 15 is 0 Å². The van der Waals surface area contributed by atoms with Crippen LogP contribution in [0.25, 0.3) is 0 Å². The van der Waals surface area contributed by atoms with Crippen LogP contribution < -0.4 is 0 Å². The number of esters is 1. The molecule has 2 aliphatic carbocycles. The Kier molecular flexibility index (Phi) is 3.75. The first-order valence-corrected chi connectivity index (χ1v) is 9.13. The molecule has 0 aromatic carbocycles. The summed E-state index contributed by atoms with van der Waals surface area (Å²) in [6.45, 7) is 1.21. The number of hydrogen-bond donors (Lipinski definition) is 1. The molecule has 0 heterocycles. The minimum absolute atomic E-state index is 0.0285. The van der Waals surface area contributed by atoms with Crippen molar-refractivity contribution in [1.82, 2.24) is 0 Å².